The zero-order valence-electron chi connectivity index (χ0n) is 12.2. The van der Waals surface area contributed by atoms with Gasteiger partial charge in [-0.3, -0.25) is 9.59 Å². The summed E-state index contributed by atoms with van der Waals surface area (Å²) in [5.74, 6) is -0.503. The van der Waals surface area contributed by atoms with Crippen molar-refractivity contribution in [3.63, 3.8) is 0 Å². The molecule has 0 saturated carbocycles. The van der Waals surface area contributed by atoms with Crippen LogP contribution >= 0.6 is 0 Å². The average Bonchev–Trinajstić information content (AvgIpc) is 2.38. The molecule has 116 valence electrons. The third-order valence-electron chi connectivity index (χ3n) is 2.67. The third kappa shape index (κ3) is 6.89. The van der Waals surface area contributed by atoms with Gasteiger partial charge in [0.2, 0.25) is 5.91 Å². The molecule has 0 bridgehead atoms. The molecular weight excluding hydrogens is 292 g/mol. The molecule has 1 aromatic rings. The van der Waals surface area contributed by atoms with Crippen LogP contribution in [0.3, 0.4) is 0 Å². The largest absolute Gasteiger partial charge is 0.351 e. The molecule has 0 fully saturated rings. The fraction of sp³-hybridized carbons (Fsp3) is 0.429. The van der Waals surface area contributed by atoms with E-state index < -0.39 is 9.84 Å². The minimum absolute atomic E-state index is 0.0668. The van der Waals surface area contributed by atoms with Gasteiger partial charge in [0.1, 0.15) is 9.84 Å². The maximum atomic E-state index is 11.8. The van der Waals surface area contributed by atoms with E-state index in [1.165, 1.54) is 0 Å². The van der Waals surface area contributed by atoms with Crippen molar-refractivity contribution in [2.45, 2.75) is 19.8 Å². The molecule has 0 aliphatic rings. The number of hydrogen-bond donors (Lipinski definition) is 2. The van der Waals surface area contributed by atoms with Crippen molar-refractivity contribution in [2.75, 3.05) is 23.9 Å². The van der Waals surface area contributed by atoms with E-state index >= 15 is 0 Å². The molecule has 2 amide bonds. The normalized spacial score (nSPS) is 11.0. The van der Waals surface area contributed by atoms with Gasteiger partial charge in [-0.25, -0.2) is 8.42 Å². The van der Waals surface area contributed by atoms with Crippen LogP contribution in [-0.4, -0.2) is 38.8 Å². The summed E-state index contributed by atoms with van der Waals surface area (Å²) in [5, 5.41) is 5.25. The van der Waals surface area contributed by atoms with E-state index in [0.717, 1.165) is 12.7 Å². The number of hydrogen-bond acceptors (Lipinski definition) is 4. The molecule has 1 rings (SSSR count). The molecule has 2 N–H and O–H groups in total. The van der Waals surface area contributed by atoms with Gasteiger partial charge in [0.15, 0.2) is 0 Å². The predicted octanol–water partition coefficient (Wildman–Crippen LogP) is 1.20. The van der Waals surface area contributed by atoms with Crippen molar-refractivity contribution in [1.29, 1.82) is 0 Å². The predicted molar refractivity (Wildman–Crippen MR) is 82.0 cm³/mol. The smallest absolute Gasteiger partial charge is 0.251 e. The van der Waals surface area contributed by atoms with E-state index in [2.05, 4.69) is 10.6 Å². The van der Waals surface area contributed by atoms with Crippen molar-refractivity contribution in [1.82, 2.24) is 5.32 Å². The van der Waals surface area contributed by atoms with Gasteiger partial charge in [0, 0.05) is 30.5 Å². The van der Waals surface area contributed by atoms with E-state index in [9.17, 15) is 18.0 Å². The van der Waals surface area contributed by atoms with Gasteiger partial charge < -0.3 is 10.6 Å². The Bertz CT molecular complexity index is 594. The highest BCUT2D eigenvalue weighted by molar-refractivity contribution is 7.90. The minimum atomic E-state index is -3.09. The number of carbonyl (C=O) groups is 2. The number of nitrogens with one attached hydrogen (secondary N) is 2. The topological polar surface area (TPSA) is 92.3 Å². The molecule has 0 aliphatic carbocycles. The molecule has 21 heavy (non-hydrogen) atoms. The van der Waals surface area contributed by atoms with Crippen molar-refractivity contribution in [2.24, 2.45) is 0 Å². The number of sulfone groups is 1. The minimum Gasteiger partial charge on any atom is -0.351 e. The lowest BCUT2D eigenvalue weighted by Crippen LogP contribution is -2.28. The van der Waals surface area contributed by atoms with E-state index in [-0.39, 0.29) is 24.1 Å². The quantitative estimate of drug-likeness (QED) is 0.791. The van der Waals surface area contributed by atoms with Crippen LogP contribution in [0.4, 0.5) is 5.69 Å². The second-order valence-corrected chi connectivity index (χ2v) is 7.02. The van der Waals surface area contributed by atoms with Crippen molar-refractivity contribution < 1.29 is 18.0 Å². The number of carbonyl (C=O) groups excluding carboxylic acids is 2. The van der Waals surface area contributed by atoms with E-state index in [4.69, 9.17) is 0 Å². The lowest BCUT2D eigenvalue weighted by atomic mass is 10.2. The first-order valence-corrected chi connectivity index (χ1v) is 8.73. The monoisotopic (exact) mass is 312 g/mol. The summed E-state index contributed by atoms with van der Waals surface area (Å²) in [4.78, 5) is 23.2. The highest BCUT2D eigenvalue weighted by Gasteiger charge is 2.08. The Balaban J connectivity index is 2.53. The molecular formula is C14H20N2O4S. The maximum absolute atomic E-state index is 11.8. The summed E-state index contributed by atoms with van der Waals surface area (Å²) in [6, 6.07) is 6.44. The van der Waals surface area contributed by atoms with Crippen LogP contribution in [-0.2, 0) is 14.6 Å². The van der Waals surface area contributed by atoms with Crippen LogP contribution in [0, 0.1) is 0 Å². The Morgan fingerprint density at radius 3 is 2.29 bits per heavy atom. The molecule has 0 radical (unpaired) electrons. The van der Waals surface area contributed by atoms with Gasteiger partial charge in [-0.2, -0.15) is 0 Å². The SMILES string of the molecule is CCCC(=O)Nc1ccc(C(=O)NCCS(C)(=O)=O)cc1. The van der Waals surface area contributed by atoms with Crippen molar-refractivity contribution >= 4 is 27.3 Å². The van der Waals surface area contributed by atoms with Crippen LogP contribution < -0.4 is 10.6 Å². The van der Waals surface area contributed by atoms with Gasteiger partial charge in [0.25, 0.3) is 5.91 Å². The number of rotatable bonds is 7. The first-order chi connectivity index (χ1) is 9.81. The summed E-state index contributed by atoms with van der Waals surface area (Å²) >= 11 is 0. The highest BCUT2D eigenvalue weighted by Crippen LogP contribution is 2.10. The number of amides is 2. The molecule has 0 aromatic heterocycles. The van der Waals surface area contributed by atoms with Gasteiger partial charge in [-0.15, -0.1) is 0 Å². The molecule has 1 aromatic carbocycles. The standard InChI is InChI=1S/C14H20N2O4S/c1-3-4-13(17)16-12-7-5-11(6-8-12)14(18)15-9-10-21(2,19)20/h5-8H,3-4,9-10H2,1-2H3,(H,15,18)(H,16,17). The van der Waals surface area contributed by atoms with E-state index in [1.807, 2.05) is 6.92 Å². The number of anilines is 1. The lowest BCUT2D eigenvalue weighted by Gasteiger charge is -2.07. The molecule has 0 atom stereocenters. The van der Waals surface area contributed by atoms with Crippen LogP contribution in [0.5, 0.6) is 0 Å². The summed E-state index contributed by atoms with van der Waals surface area (Å²) in [7, 11) is -3.09. The molecule has 6 nitrogen and oxygen atoms in total. The Labute approximate surface area is 124 Å². The highest BCUT2D eigenvalue weighted by atomic mass is 32.2. The lowest BCUT2D eigenvalue weighted by molar-refractivity contribution is -0.116. The van der Waals surface area contributed by atoms with Crippen LogP contribution in [0.2, 0.25) is 0 Å². The zero-order chi connectivity index (χ0) is 15.9. The maximum Gasteiger partial charge on any atom is 0.251 e. The second-order valence-electron chi connectivity index (χ2n) is 4.76. The van der Waals surface area contributed by atoms with Crippen molar-refractivity contribution in [3.05, 3.63) is 29.8 Å². The molecule has 0 saturated heterocycles. The number of benzene rings is 1. The Morgan fingerprint density at radius 1 is 1.14 bits per heavy atom. The summed E-state index contributed by atoms with van der Waals surface area (Å²) in [6.07, 6.45) is 2.34. The van der Waals surface area contributed by atoms with Gasteiger partial charge in [-0.1, -0.05) is 6.92 Å². The third-order valence-corrected chi connectivity index (χ3v) is 3.61. The second kappa shape index (κ2) is 7.78. The molecule has 0 heterocycles. The molecule has 7 heteroatoms. The molecule has 0 unspecified atom stereocenters. The first-order valence-electron chi connectivity index (χ1n) is 6.67. The summed E-state index contributed by atoms with van der Waals surface area (Å²) in [6.45, 7) is 2.00. The Hall–Kier alpha value is -1.89. The summed E-state index contributed by atoms with van der Waals surface area (Å²) in [5.41, 5.74) is 1.04. The van der Waals surface area contributed by atoms with Crippen molar-refractivity contribution in [3.8, 4) is 0 Å². The first kappa shape index (κ1) is 17.2. The average molecular weight is 312 g/mol. The van der Waals surface area contributed by atoms with E-state index in [0.29, 0.717) is 17.7 Å². The molecule has 0 aliphatic heterocycles. The van der Waals surface area contributed by atoms with Gasteiger partial charge in [-0.05, 0) is 30.7 Å². The summed E-state index contributed by atoms with van der Waals surface area (Å²) < 4.78 is 21.9. The van der Waals surface area contributed by atoms with Crippen LogP contribution in [0.1, 0.15) is 30.1 Å². The zero-order valence-corrected chi connectivity index (χ0v) is 13.0. The van der Waals surface area contributed by atoms with Crippen LogP contribution in [0.15, 0.2) is 24.3 Å². The fourth-order valence-electron chi connectivity index (χ4n) is 1.61. The van der Waals surface area contributed by atoms with E-state index in [1.54, 1.807) is 24.3 Å². The fourth-order valence-corrected chi connectivity index (χ4v) is 2.08. The van der Waals surface area contributed by atoms with Gasteiger partial charge in [0.05, 0.1) is 5.75 Å². The Morgan fingerprint density at radius 2 is 1.76 bits per heavy atom. The van der Waals surface area contributed by atoms with Gasteiger partial charge >= 0.3 is 0 Å². The van der Waals surface area contributed by atoms with Crippen LogP contribution in [0.25, 0.3) is 0 Å². The molecule has 0 spiro atoms. The Kier molecular flexibility index (Phi) is 6.36.